The summed E-state index contributed by atoms with van der Waals surface area (Å²) in [6, 6.07) is 19.8. The Morgan fingerprint density at radius 3 is 1.95 bits per heavy atom. The highest BCUT2D eigenvalue weighted by Crippen LogP contribution is 2.39. The molecule has 38 heavy (non-hydrogen) atoms. The van der Waals surface area contributed by atoms with Crippen LogP contribution in [0, 0.1) is 0 Å². The lowest BCUT2D eigenvalue weighted by Crippen LogP contribution is -2.54. The molecular weight excluding hydrogens is 496 g/mol. The van der Waals surface area contributed by atoms with E-state index in [0.717, 1.165) is 0 Å². The van der Waals surface area contributed by atoms with Crippen LogP contribution in [0.1, 0.15) is 24.0 Å². The number of benzene rings is 2. The van der Waals surface area contributed by atoms with Crippen LogP contribution in [0.15, 0.2) is 66.7 Å². The van der Waals surface area contributed by atoms with E-state index in [-0.39, 0.29) is 36.3 Å². The molecule has 0 spiro atoms. The van der Waals surface area contributed by atoms with Crippen LogP contribution in [0.3, 0.4) is 0 Å². The van der Waals surface area contributed by atoms with E-state index >= 15 is 0 Å². The number of rotatable bonds is 15. The van der Waals surface area contributed by atoms with Crippen molar-refractivity contribution in [3.05, 3.63) is 77.9 Å². The van der Waals surface area contributed by atoms with Gasteiger partial charge in [0.1, 0.15) is 0 Å². The summed E-state index contributed by atoms with van der Waals surface area (Å²) in [6.45, 7) is 0.306. The summed E-state index contributed by atoms with van der Waals surface area (Å²) in [5.41, 5.74) is -0.0601. The van der Waals surface area contributed by atoms with Crippen LogP contribution in [0.25, 0.3) is 0 Å². The predicted octanol–water partition coefficient (Wildman–Crippen LogP) is 2.74. The molecule has 0 saturated carbocycles. The number of unbranched alkanes of at least 4 members (excludes halogenated alkanes) is 1. The molecule has 12 nitrogen and oxygen atoms in total. The molecule has 0 fully saturated rings. The monoisotopic (exact) mass is 528 g/mol. The van der Waals surface area contributed by atoms with Gasteiger partial charge in [0, 0.05) is 13.7 Å². The van der Waals surface area contributed by atoms with Crippen molar-refractivity contribution in [1.29, 1.82) is 0 Å². The van der Waals surface area contributed by atoms with Crippen molar-refractivity contribution < 1.29 is 39.0 Å². The van der Waals surface area contributed by atoms with Crippen LogP contribution >= 0.6 is 0 Å². The fourth-order valence-corrected chi connectivity index (χ4v) is 3.93. The molecule has 1 atom stereocenters. The zero-order valence-corrected chi connectivity index (χ0v) is 21.4. The number of methoxy groups -OCH3 is 3. The Kier molecular flexibility index (Phi) is 10.8. The second-order valence-corrected chi connectivity index (χ2v) is 7.99. The average molecular weight is 529 g/mol. The lowest BCUT2D eigenvalue weighted by Gasteiger charge is -2.39. The van der Waals surface area contributed by atoms with Crippen LogP contribution in [-0.2, 0) is 20.0 Å². The van der Waals surface area contributed by atoms with E-state index in [1.165, 1.54) is 27.4 Å². The molecule has 0 aliphatic carbocycles. The van der Waals surface area contributed by atoms with E-state index in [4.69, 9.17) is 29.4 Å². The molecule has 3 aromatic rings. The Hall–Kier alpha value is -3.81. The fraction of sp³-hybridized carbons (Fsp3) is 0.346. The molecule has 0 bridgehead atoms. The molecule has 3 N–H and O–H groups in total. The second-order valence-electron chi connectivity index (χ2n) is 7.99. The summed E-state index contributed by atoms with van der Waals surface area (Å²) in [7, 11) is 4.39. The van der Waals surface area contributed by atoms with Crippen LogP contribution in [0.4, 0.5) is 0 Å². The number of ether oxygens (including phenoxy) is 4. The van der Waals surface area contributed by atoms with Crippen molar-refractivity contribution >= 4 is 5.91 Å². The molecule has 1 aromatic heterocycles. The molecule has 204 valence electrons. The Bertz CT molecular complexity index is 1070. The van der Waals surface area contributed by atoms with Gasteiger partial charge in [-0.15, -0.1) is 0 Å². The minimum Gasteiger partial charge on any atom is -0.481 e. The summed E-state index contributed by atoms with van der Waals surface area (Å²) in [4.78, 5) is 26.9. The third-order valence-corrected chi connectivity index (χ3v) is 5.71. The van der Waals surface area contributed by atoms with Crippen molar-refractivity contribution in [2.75, 3.05) is 34.5 Å². The number of hydrogen-bond donors (Lipinski definition) is 3. The van der Waals surface area contributed by atoms with Crippen LogP contribution in [0.5, 0.6) is 17.8 Å². The Morgan fingerprint density at radius 1 is 0.921 bits per heavy atom. The number of amides is 1. The summed E-state index contributed by atoms with van der Waals surface area (Å²) in [5, 5.41) is 19.8. The third-order valence-electron chi connectivity index (χ3n) is 5.71. The van der Waals surface area contributed by atoms with Gasteiger partial charge in [-0.1, -0.05) is 60.7 Å². The number of aromatic nitrogens is 2. The van der Waals surface area contributed by atoms with Crippen molar-refractivity contribution in [3.63, 3.8) is 0 Å². The number of hydrogen-bond acceptors (Lipinski definition) is 11. The minimum atomic E-state index is -1.40. The molecule has 1 heterocycles. The number of nitrogens with zero attached hydrogens (tertiary/aromatic N) is 3. The van der Waals surface area contributed by atoms with E-state index in [2.05, 4.69) is 20.1 Å². The standard InChI is InChI=1S/C26H32N4O8/c1-34-21-18-22(35-2)29-25(28-21)38-23(24(31)27-16-10-11-17-37-30(32)33)26(36-3,19-12-6-4-7-13-19)20-14-8-5-9-15-20/h4-9,12-15,18,23,32-33H,10-11,16-17H2,1-3H3,(H,27,31)/t23-/m1/s1. The highest BCUT2D eigenvalue weighted by atomic mass is 17.1. The van der Waals surface area contributed by atoms with E-state index < -0.39 is 17.6 Å². The highest BCUT2D eigenvalue weighted by Gasteiger charge is 2.49. The normalized spacial score (nSPS) is 12.2. The molecule has 12 heteroatoms. The maximum atomic E-state index is 13.8. The smallest absolute Gasteiger partial charge is 0.324 e. The van der Waals surface area contributed by atoms with Gasteiger partial charge < -0.3 is 24.3 Å². The van der Waals surface area contributed by atoms with Crippen molar-refractivity contribution in [1.82, 2.24) is 20.7 Å². The maximum absolute atomic E-state index is 13.8. The van der Waals surface area contributed by atoms with Crippen molar-refractivity contribution in [3.8, 4) is 17.8 Å². The van der Waals surface area contributed by atoms with Gasteiger partial charge in [-0.05, 0) is 24.0 Å². The Morgan fingerprint density at radius 2 is 1.47 bits per heavy atom. The Labute approximate surface area is 220 Å². The number of nitrogens with one attached hydrogen (secondary N) is 1. The largest absolute Gasteiger partial charge is 0.481 e. The van der Waals surface area contributed by atoms with Crippen molar-refractivity contribution in [2.24, 2.45) is 0 Å². The first-order chi connectivity index (χ1) is 18.4. The lowest BCUT2D eigenvalue weighted by atomic mass is 9.80. The van der Waals surface area contributed by atoms with E-state index in [1.807, 2.05) is 60.7 Å². The van der Waals surface area contributed by atoms with Crippen LogP contribution in [0.2, 0.25) is 0 Å². The molecule has 2 aromatic carbocycles. The van der Waals surface area contributed by atoms with E-state index in [0.29, 0.717) is 24.0 Å². The maximum Gasteiger partial charge on any atom is 0.324 e. The van der Waals surface area contributed by atoms with Crippen molar-refractivity contribution in [2.45, 2.75) is 24.5 Å². The topological polar surface area (TPSA) is 145 Å². The minimum absolute atomic E-state index is 0.0519. The van der Waals surface area contributed by atoms with E-state index in [9.17, 15) is 4.79 Å². The zero-order chi connectivity index (χ0) is 27.4. The molecular formula is C26H32N4O8. The summed E-state index contributed by atoms with van der Waals surface area (Å²) < 4.78 is 22.9. The summed E-state index contributed by atoms with van der Waals surface area (Å²) >= 11 is 0. The number of carbonyl (C=O) groups is 1. The zero-order valence-electron chi connectivity index (χ0n) is 21.4. The molecule has 3 rings (SSSR count). The van der Waals surface area contributed by atoms with Gasteiger partial charge in [0.15, 0.2) is 5.60 Å². The molecule has 1 amide bonds. The molecule has 0 saturated heterocycles. The lowest BCUT2D eigenvalue weighted by molar-refractivity contribution is -0.492. The first-order valence-corrected chi connectivity index (χ1v) is 11.8. The Balaban J connectivity index is 2.02. The molecule has 0 aliphatic rings. The SMILES string of the molecule is COc1cc(OC)nc(O[C@H](C(=O)NCCCCON(O)O)C(OC)(c2ccccc2)c2ccccc2)n1. The van der Waals surface area contributed by atoms with Crippen LogP contribution < -0.4 is 19.5 Å². The average Bonchev–Trinajstić information content (AvgIpc) is 2.95. The first-order valence-electron chi connectivity index (χ1n) is 11.8. The van der Waals surface area contributed by atoms with Gasteiger partial charge in [0.05, 0.1) is 32.3 Å². The second kappa shape index (κ2) is 14.2. The van der Waals surface area contributed by atoms with E-state index in [1.54, 1.807) is 0 Å². The highest BCUT2D eigenvalue weighted by molar-refractivity contribution is 5.83. The molecule has 0 aliphatic heterocycles. The van der Waals surface area contributed by atoms with Gasteiger partial charge >= 0.3 is 6.01 Å². The van der Waals surface area contributed by atoms with Gasteiger partial charge in [-0.3, -0.25) is 20.0 Å². The first kappa shape index (κ1) is 28.8. The van der Waals surface area contributed by atoms with Gasteiger partial charge in [0.25, 0.3) is 5.91 Å². The molecule has 0 unspecified atom stereocenters. The predicted molar refractivity (Wildman–Crippen MR) is 134 cm³/mol. The third kappa shape index (κ3) is 7.15. The number of carbonyl (C=O) groups excluding carboxylic acids is 1. The summed E-state index contributed by atoms with van der Waals surface area (Å²) in [6.07, 6.45) is -0.352. The fourth-order valence-electron chi connectivity index (χ4n) is 3.93. The van der Waals surface area contributed by atoms with Gasteiger partial charge in [-0.2, -0.15) is 9.97 Å². The quantitative estimate of drug-likeness (QED) is 0.198. The van der Waals surface area contributed by atoms with Gasteiger partial charge in [0.2, 0.25) is 17.9 Å². The summed E-state index contributed by atoms with van der Waals surface area (Å²) in [5.74, 6) is -0.109. The molecule has 0 radical (unpaired) electrons. The van der Waals surface area contributed by atoms with Gasteiger partial charge in [-0.25, -0.2) is 0 Å². The van der Waals surface area contributed by atoms with Crippen LogP contribution in [-0.4, -0.2) is 72.3 Å².